The Hall–Kier alpha value is -1.66. The molecule has 0 unspecified atom stereocenters. The van der Waals surface area contributed by atoms with Gasteiger partial charge in [0.05, 0.1) is 8.66 Å². The molecule has 1 aromatic carbocycles. The van der Waals surface area contributed by atoms with Crippen LogP contribution < -0.4 is 10.6 Å². The molecule has 2 amide bonds. The number of rotatable bonds is 3. The molecule has 0 aliphatic rings. The van der Waals surface area contributed by atoms with Crippen LogP contribution in [0.15, 0.2) is 40.2 Å². The number of halogens is 1. The highest BCUT2D eigenvalue weighted by atomic mass is 79.9. The van der Waals surface area contributed by atoms with Gasteiger partial charge in [-0.05, 0) is 46.3 Å². The molecular formula is C13H11BrN2O2S. The van der Waals surface area contributed by atoms with E-state index in [2.05, 4.69) is 26.6 Å². The van der Waals surface area contributed by atoms with E-state index in [9.17, 15) is 9.59 Å². The number of thiophene rings is 1. The molecule has 0 saturated carbocycles. The van der Waals surface area contributed by atoms with E-state index in [1.165, 1.54) is 11.3 Å². The monoisotopic (exact) mass is 338 g/mol. The molecule has 2 rings (SSSR count). The minimum Gasteiger partial charge on any atom is -0.355 e. The number of hydrogen-bond donors (Lipinski definition) is 2. The van der Waals surface area contributed by atoms with Crippen LogP contribution in [0.2, 0.25) is 0 Å². The molecule has 4 nitrogen and oxygen atoms in total. The fourth-order valence-electron chi connectivity index (χ4n) is 1.51. The lowest BCUT2D eigenvalue weighted by molar-refractivity contribution is 0.0961. The van der Waals surface area contributed by atoms with Crippen LogP contribution in [0.5, 0.6) is 0 Å². The highest BCUT2D eigenvalue weighted by Gasteiger charge is 2.10. The number of hydrogen-bond acceptors (Lipinski definition) is 3. The molecule has 98 valence electrons. The molecule has 6 heteroatoms. The van der Waals surface area contributed by atoms with E-state index in [4.69, 9.17) is 0 Å². The van der Waals surface area contributed by atoms with Gasteiger partial charge in [-0.25, -0.2) is 0 Å². The first-order chi connectivity index (χ1) is 9.10. The third-order valence-electron chi connectivity index (χ3n) is 2.41. The maximum atomic E-state index is 12.0. The van der Waals surface area contributed by atoms with Gasteiger partial charge in [0.25, 0.3) is 11.8 Å². The lowest BCUT2D eigenvalue weighted by Crippen LogP contribution is -2.18. The maximum absolute atomic E-state index is 12.0. The van der Waals surface area contributed by atoms with Crippen molar-refractivity contribution in [3.8, 4) is 0 Å². The number of carbonyl (C=O) groups excluding carboxylic acids is 2. The van der Waals surface area contributed by atoms with Crippen molar-refractivity contribution < 1.29 is 9.59 Å². The van der Waals surface area contributed by atoms with E-state index in [0.29, 0.717) is 16.1 Å². The number of carbonyl (C=O) groups is 2. The van der Waals surface area contributed by atoms with Crippen LogP contribution in [0.25, 0.3) is 0 Å². The summed E-state index contributed by atoms with van der Waals surface area (Å²) in [7, 11) is 1.57. The Bertz CT molecular complexity index is 625. The summed E-state index contributed by atoms with van der Waals surface area (Å²) in [4.78, 5) is 24.1. The normalized spacial score (nSPS) is 10.0. The van der Waals surface area contributed by atoms with Crippen molar-refractivity contribution in [1.29, 1.82) is 0 Å². The van der Waals surface area contributed by atoms with Crippen LogP contribution in [0.4, 0.5) is 5.69 Å². The van der Waals surface area contributed by atoms with Gasteiger partial charge in [0.15, 0.2) is 0 Å². The fourth-order valence-corrected chi connectivity index (χ4v) is 2.79. The first-order valence-electron chi connectivity index (χ1n) is 5.49. The van der Waals surface area contributed by atoms with Gasteiger partial charge in [0.1, 0.15) is 0 Å². The molecular weight excluding hydrogens is 328 g/mol. The number of amides is 2. The highest BCUT2D eigenvalue weighted by molar-refractivity contribution is 9.11. The largest absolute Gasteiger partial charge is 0.355 e. The van der Waals surface area contributed by atoms with Gasteiger partial charge < -0.3 is 10.6 Å². The van der Waals surface area contributed by atoms with Crippen LogP contribution in [-0.2, 0) is 0 Å². The first-order valence-corrected chi connectivity index (χ1v) is 7.10. The molecule has 0 atom stereocenters. The highest BCUT2D eigenvalue weighted by Crippen LogP contribution is 2.23. The topological polar surface area (TPSA) is 58.2 Å². The van der Waals surface area contributed by atoms with Crippen molar-refractivity contribution in [1.82, 2.24) is 5.32 Å². The minimum atomic E-state index is -0.190. The summed E-state index contributed by atoms with van der Waals surface area (Å²) < 4.78 is 0.900. The summed E-state index contributed by atoms with van der Waals surface area (Å²) >= 11 is 4.67. The summed E-state index contributed by atoms with van der Waals surface area (Å²) in [6, 6.07) is 10.4. The summed E-state index contributed by atoms with van der Waals surface area (Å²) in [5.41, 5.74) is 1.10. The van der Waals surface area contributed by atoms with Crippen LogP contribution in [0, 0.1) is 0 Å². The molecule has 1 heterocycles. The van der Waals surface area contributed by atoms with Gasteiger partial charge in [0, 0.05) is 18.3 Å². The molecule has 0 radical (unpaired) electrons. The fraction of sp³-hybridized carbons (Fsp3) is 0.0769. The second-order valence-electron chi connectivity index (χ2n) is 3.72. The minimum absolute atomic E-state index is 0.185. The molecule has 0 fully saturated rings. The average Bonchev–Trinajstić information content (AvgIpc) is 2.85. The van der Waals surface area contributed by atoms with Crippen LogP contribution >= 0.6 is 27.3 Å². The summed E-state index contributed by atoms with van der Waals surface area (Å²) in [5.74, 6) is -0.375. The smallest absolute Gasteiger partial charge is 0.265 e. The zero-order valence-electron chi connectivity index (χ0n) is 10.1. The predicted octanol–water partition coefficient (Wildman–Crippen LogP) is 3.12. The molecule has 2 N–H and O–H groups in total. The van der Waals surface area contributed by atoms with E-state index in [0.717, 1.165) is 3.79 Å². The lowest BCUT2D eigenvalue weighted by atomic mass is 10.2. The quantitative estimate of drug-likeness (QED) is 0.903. The molecule has 0 aliphatic carbocycles. The Morgan fingerprint density at radius 2 is 1.95 bits per heavy atom. The van der Waals surface area contributed by atoms with E-state index < -0.39 is 0 Å². The molecule has 0 aliphatic heterocycles. The Balaban J connectivity index is 2.15. The molecule has 2 aromatic rings. The Morgan fingerprint density at radius 1 is 1.16 bits per heavy atom. The third kappa shape index (κ3) is 3.42. The van der Waals surface area contributed by atoms with Crippen molar-refractivity contribution in [2.45, 2.75) is 0 Å². The molecule has 0 bridgehead atoms. The van der Waals surface area contributed by atoms with Gasteiger partial charge >= 0.3 is 0 Å². The van der Waals surface area contributed by atoms with Crippen molar-refractivity contribution in [2.75, 3.05) is 12.4 Å². The number of nitrogens with one attached hydrogen (secondary N) is 2. The SMILES string of the molecule is CNC(=O)c1cccc(NC(=O)c2ccc(Br)s2)c1. The van der Waals surface area contributed by atoms with Crippen LogP contribution in [0.1, 0.15) is 20.0 Å². The second-order valence-corrected chi connectivity index (χ2v) is 6.18. The second kappa shape index (κ2) is 5.99. The van der Waals surface area contributed by atoms with Crippen LogP contribution in [0.3, 0.4) is 0 Å². The van der Waals surface area contributed by atoms with Gasteiger partial charge in [-0.1, -0.05) is 6.07 Å². The van der Waals surface area contributed by atoms with Gasteiger partial charge in [-0.3, -0.25) is 9.59 Å². The van der Waals surface area contributed by atoms with Crippen molar-refractivity contribution in [3.63, 3.8) is 0 Å². The van der Waals surface area contributed by atoms with E-state index >= 15 is 0 Å². The van der Waals surface area contributed by atoms with Crippen molar-refractivity contribution in [3.05, 3.63) is 50.6 Å². The molecule has 0 saturated heterocycles. The van der Waals surface area contributed by atoms with E-state index in [1.807, 2.05) is 6.07 Å². The molecule has 19 heavy (non-hydrogen) atoms. The number of benzene rings is 1. The zero-order chi connectivity index (χ0) is 13.8. The van der Waals surface area contributed by atoms with Gasteiger partial charge in [-0.15, -0.1) is 11.3 Å². The van der Waals surface area contributed by atoms with Gasteiger partial charge in [-0.2, -0.15) is 0 Å². The third-order valence-corrected chi connectivity index (χ3v) is 4.03. The predicted molar refractivity (Wildman–Crippen MR) is 79.8 cm³/mol. The Morgan fingerprint density at radius 3 is 2.58 bits per heavy atom. The average molecular weight is 339 g/mol. The maximum Gasteiger partial charge on any atom is 0.265 e. The van der Waals surface area contributed by atoms with Gasteiger partial charge in [0.2, 0.25) is 0 Å². The molecule has 1 aromatic heterocycles. The zero-order valence-corrected chi connectivity index (χ0v) is 12.5. The lowest BCUT2D eigenvalue weighted by Gasteiger charge is -2.05. The Labute approximate surface area is 123 Å². The summed E-state index contributed by atoms with van der Waals surface area (Å²) in [5, 5.41) is 5.30. The number of anilines is 1. The Kier molecular flexibility index (Phi) is 4.34. The van der Waals surface area contributed by atoms with E-state index in [1.54, 1.807) is 37.4 Å². The molecule has 0 spiro atoms. The summed E-state index contributed by atoms with van der Waals surface area (Å²) in [6.45, 7) is 0. The van der Waals surface area contributed by atoms with Crippen molar-refractivity contribution >= 4 is 44.8 Å². The first kappa shape index (κ1) is 13.8. The standard InChI is InChI=1S/C13H11BrN2O2S/c1-15-12(17)8-3-2-4-9(7-8)16-13(18)10-5-6-11(14)19-10/h2-7H,1H3,(H,15,17)(H,16,18). The van der Waals surface area contributed by atoms with Crippen LogP contribution in [-0.4, -0.2) is 18.9 Å². The van der Waals surface area contributed by atoms with Crippen molar-refractivity contribution in [2.24, 2.45) is 0 Å². The summed E-state index contributed by atoms with van der Waals surface area (Å²) in [6.07, 6.45) is 0. The van der Waals surface area contributed by atoms with E-state index in [-0.39, 0.29) is 11.8 Å².